The number of nitrogens with zero attached hydrogens (tertiary/aromatic N) is 5. The van der Waals surface area contributed by atoms with E-state index in [1.54, 1.807) is 24.0 Å². The zero-order chi connectivity index (χ0) is 21.1. The van der Waals surface area contributed by atoms with E-state index in [1.165, 1.54) is 13.3 Å². The molecule has 1 atom stereocenters. The van der Waals surface area contributed by atoms with E-state index in [0.717, 1.165) is 25.7 Å². The largest absolute Gasteiger partial charge is 0.481 e. The Morgan fingerprint density at radius 2 is 1.93 bits per heavy atom. The number of ether oxygens (including phenoxy) is 1. The predicted molar refractivity (Wildman–Crippen MR) is 107 cm³/mol. The standard InChI is InChI=1S/C21H27N5O4/c1-14-23-19(30-24-14)17-9-10-25(20(27)16-7-8-18(29-2)22-13-16)11-12-26(17)21(28)15-5-3-4-6-15/h7-8,13,15,17H,3-6,9-12H2,1-2H3. The van der Waals surface area contributed by atoms with Gasteiger partial charge in [-0.1, -0.05) is 18.0 Å². The molecule has 30 heavy (non-hydrogen) atoms. The maximum atomic E-state index is 13.3. The number of aromatic nitrogens is 3. The van der Waals surface area contributed by atoms with Crippen LogP contribution >= 0.6 is 0 Å². The number of carbonyl (C=O) groups excluding carboxylic acids is 2. The number of methoxy groups -OCH3 is 1. The molecule has 2 aliphatic rings. The second-order valence-electron chi connectivity index (χ2n) is 7.88. The number of aryl methyl sites for hydroxylation is 1. The monoisotopic (exact) mass is 413 g/mol. The fourth-order valence-corrected chi connectivity index (χ4v) is 4.32. The van der Waals surface area contributed by atoms with Gasteiger partial charge in [0.25, 0.3) is 5.91 Å². The van der Waals surface area contributed by atoms with Crippen LogP contribution in [0.4, 0.5) is 0 Å². The Labute approximate surface area is 175 Å². The Morgan fingerprint density at radius 3 is 2.57 bits per heavy atom. The van der Waals surface area contributed by atoms with Crippen molar-refractivity contribution < 1.29 is 18.8 Å². The van der Waals surface area contributed by atoms with Crippen molar-refractivity contribution >= 4 is 11.8 Å². The van der Waals surface area contributed by atoms with Crippen molar-refractivity contribution in [3.05, 3.63) is 35.6 Å². The predicted octanol–water partition coefficient (Wildman–Crippen LogP) is 2.39. The summed E-state index contributed by atoms with van der Waals surface area (Å²) in [6.45, 7) is 3.15. The lowest BCUT2D eigenvalue weighted by atomic mass is 10.0. The molecular weight excluding hydrogens is 386 g/mol. The number of hydrogen-bond acceptors (Lipinski definition) is 7. The van der Waals surface area contributed by atoms with Gasteiger partial charge in [-0.25, -0.2) is 4.98 Å². The minimum absolute atomic E-state index is 0.0459. The Hall–Kier alpha value is -2.97. The summed E-state index contributed by atoms with van der Waals surface area (Å²) in [7, 11) is 1.54. The Morgan fingerprint density at radius 1 is 1.13 bits per heavy atom. The molecule has 4 rings (SSSR count). The molecule has 3 heterocycles. The first kappa shape index (κ1) is 20.3. The summed E-state index contributed by atoms with van der Waals surface area (Å²) in [4.78, 5) is 38.4. The van der Waals surface area contributed by atoms with Crippen LogP contribution < -0.4 is 4.74 Å². The summed E-state index contributed by atoms with van der Waals surface area (Å²) in [5.74, 6) is 1.51. The third kappa shape index (κ3) is 4.15. The zero-order valence-electron chi connectivity index (χ0n) is 17.4. The molecule has 0 radical (unpaired) electrons. The topological polar surface area (TPSA) is 102 Å². The van der Waals surface area contributed by atoms with E-state index in [-0.39, 0.29) is 23.8 Å². The quantitative estimate of drug-likeness (QED) is 0.758. The van der Waals surface area contributed by atoms with Gasteiger partial charge < -0.3 is 19.1 Å². The van der Waals surface area contributed by atoms with Gasteiger partial charge in [-0.3, -0.25) is 9.59 Å². The minimum atomic E-state index is -0.314. The maximum Gasteiger partial charge on any atom is 0.255 e. The highest BCUT2D eigenvalue weighted by Crippen LogP contribution is 2.32. The van der Waals surface area contributed by atoms with Crippen molar-refractivity contribution in [1.82, 2.24) is 24.9 Å². The van der Waals surface area contributed by atoms with Gasteiger partial charge in [0.1, 0.15) is 6.04 Å². The van der Waals surface area contributed by atoms with Gasteiger partial charge >= 0.3 is 0 Å². The fourth-order valence-electron chi connectivity index (χ4n) is 4.32. The number of rotatable bonds is 4. The second-order valence-corrected chi connectivity index (χ2v) is 7.88. The molecule has 2 aromatic heterocycles. The van der Waals surface area contributed by atoms with Crippen LogP contribution in [0.15, 0.2) is 22.9 Å². The minimum Gasteiger partial charge on any atom is -0.481 e. The van der Waals surface area contributed by atoms with Crippen molar-refractivity contribution in [1.29, 1.82) is 0 Å². The first-order chi connectivity index (χ1) is 14.6. The van der Waals surface area contributed by atoms with Crippen LogP contribution in [0.1, 0.15) is 60.2 Å². The number of hydrogen-bond donors (Lipinski definition) is 0. The first-order valence-electron chi connectivity index (χ1n) is 10.5. The molecular formula is C21H27N5O4. The van der Waals surface area contributed by atoms with Crippen LogP contribution in [0.5, 0.6) is 5.88 Å². The van der Waals surface area contributed by atoms with Gasteiger partial charge in [-0.05, 0) is 32.3 Å². The molecule has 0 aromatic carbocycles. The second kappa shape index (κ2) is 8.81. The third-order valence-corrected chi connectivity index (χ3v) is 5.95. The van der Waals surface area contributed by atoms with Gasteiger partial charge in [0.05, 0.1) is 12.7 Å². The van der Waals surface area contributed by atoms with Crippen molar-refractivity contribution in [3.63, 3.8) is 0 Å². The van der Waals surface area contributed by atoms with Crippen molar-refractivity contribution in [2.75, 3.05) is 26.7 Å². The molecule has 2 amide bonds. The average Bonchev–Trinajstić information content (AvgIpc) is 3.40. The van der Waals surface area contributed by atoms with Crippen molar-refractivity contribution in [2.45, 2.75) is 45.1 Å². The molecule has 9 nitrogen and oxygen atoms in total. The summed E-state index contributed by atoms with van der Waals surface area (Å²) >= 11 is 0. The summed E-state index contributed by atoms with van der Waals surface area (Å²) in [6, 6.07) is 3.07. The molecule has 160 valence electrons. The van der Waals surface area contributed by atoms with Gasteiger partial charge in [0.15, 0.2) is 5.82 Å². The van der Waals surface area contributed by atoms with Gasteiger partial charge in [-0.15, -0.1) is 0 Å². The van der Waals surface area contributed by atoms with Gasteiger partial charge in [0, 0.05) is 37.8 Å². The first-order valence-corrected chi connectivity index (χ1v) is 10.5. The molecule has 1 saturated carbocycles. The van der Waals surface area contributed by atoms with E-state index in [0.29, 0.717) is 49.2 Å². The average molecular weight is 413 g/mol. The summed E-state index contributed by atoms with van der Waals surface area (Å²) in [5, 5.41) is 3.91. The van der Waals surface area contributed by atoms with Gasteiger partial charge in [-0.2, -0.15) is 4.98 Å². The normalized spacial score (nSPS) is 20.3. The highest BCUT2D eigenvalue weighted by Gasteiger charge is 2.37. The summed E-state index contributed by atoms with van der Waals surface area (Å²) < 4.78 is 10.5. The van der Waals surface area contributed by atoms with Crippen molar-refractivity contribution in [3.8, 4) is 5.88 Å². The van der Waals surface area contributed by atoms with Crippen LogP contribution in [-0.4, -0.2) is 63.5 Å². The van der Waals surface area contributed by atoms with E-state index < -0.39 is 0 Å². The molecule has 0 bridgehead atoms. The maximum absolute atomic E-state index is 13.3. The lowest BCUT2D eigenvalue weighted by Crippen LogP contribution is -2.41. The molecule has 1 aliphatic carbocycles. The molecule has 1 aliphatic heterocycles. The summed E-state index contributed by atoms with van der Waals surface area (Å²) in [5.41, 5.74) is 0.497. The van der Waals surface area contributed by atoms with Crippen LogP contribution in [0, 0.1) is 12.8 Å². The van der Waals surface area contributed by atoms with Crippen LogP contribution in [0.2, 0.25) is 0 Å². The fraction of sp³-hybridized carbons (Fsp3) is 0.571. The van der Waals surface area contributed by atoms with E-state index in [2.05, 4.69) is 15.1 Å². The molecule has 1 saturated heterocycles. The van der Waals surface area contributed by atoms with Crippen LogP contribution in [0.3, 0.4) is 0 Å². The summed E-state index contributed by atoms with van der Waals surface area (Å²) in [6.07, 6.45) is 6.09. The Balaban J connectivity index is 1.54. The van der Waals surface area contributed by atoms with E-state index >= 15 is 0 Å². The van der Waals surface area contributed by atoms with E-state index in [4.69, 9.17) is 9.26 Å². The van der Waals surface area contributed by atoms with E-state index in [9.17, 15) is 9.59 Å². The van der Waals surface area contributed by atoms with Crippen LogP contribution in [-0.2, 0) is 4.79 Å². The Bertz CT molecular complexity index is 891. The Kier molecular flexibility index (Phi) is 5.96. The molecule has 2 fully saturated rings. The molecule has 1 unspecified atom stereocenters. The third-order valence-electron chi connectivity index (χ3n) is 5.95. The van der Waals surface area contributed by atoms with E-state index in [1.807, 2.05) is 4.90 Å². The molecule has 2 aromatic rings. The highest BCUT2D eigenvalue weighted by molar-refractivity contribution is 5.94. The lowest BCUT2D eigenvalue weighted by molar-refractivity contribution is -0.138. The highest BCUT2D eigenvalue weighted by atomic mass is 16.5. The lowest BCUT2D eigenvalue weighted by Gasteiger charge is -2.29. The zero-order valence-corrected chi connectivity index (χ0v) is 17.4. The molecule has 0 N–H and O–H groups in total. The molecule has 9 heteroatoms. The number of carbonyl (C=O) groups is 2. The molecule has 0 spiro atoms. The van der Waals surface area contributed by atoms with Crippen molar-refractivity contribution in [2.24, 2.45) is 5.92 Å². The number of pyridine rings is 1. The smallest absolute Gasteiger partial charge is 0.255 e. The van der Waals surface area contributed by atoms with Crippen LogP contribution in [0.25, 0.3) is 0 Å². The number of amides is 2. The van der Waals surface area contributed by atoms with Gasteiger partial charge in [0.2, 0.25) is 17.7 Å². The SMILES string of the molecule is COc1ccc(C(=O)N2CCC(c3nc(C)no3)N(C(=O)C3CCCC3)CC2)cn1.